The van der Waals surface area contributed by atoms with Gasteiger partial charge in [0.2, 0.25) is 0 Å². The zero-order chi connectivity index (χ0) is 15.6. The molecule has 0 atom stereocenters. The number of rotatable bonds is 4. The third kappa shape index (κ3) is 3.24. The maximum atomic E-state index is 13.6. The van der Waals surface area contributed by atoms with E-state index in [1.54, 1.807) is 19.2 Å². The lowest BCUT2D eigenvalue weighted by Gasteiger charge is -2.07. The first-order chi connectivity index (χ1) is 9.93. The van der Waals surface area contributed by atoms with Gasteiger partial charge in [-0.1, -0.05) is 22.9 Å². The Kier molecular flexibility index (Phi) is 4.62. The van der Waals surface area contributed by atoms with E-state index in [1.165, 1.54) is 10.7 Å². The molecule has 0 bridgehead atoms. The molecule has 0 spiro atoms. The van der Waals surface area contributed by atoms with Crippen LogP contribution < -0.4 is 5.73 Å². The average Bonchev–Trinajstić information content (AvgIpc) is 2.74. The van der Waals surface area contributed by atoms with E-state index in [4.69, 9.17) is 10.5 Å². The Labute approximate surface area is 130 Å². The summed E-state index contributed by atoms with van der Waals surface area (Å²) in [6, 6.07) is 4.45. The lowest BCUT2D eigenvalue weighted by atomic mass is 10.2. The topological polar surface area (TPSA) is 70.1 Å². The first-order valence-corrected chi connectivity index (χ1v) is 7.15. The van der Waals surface area contributed by atoms with E-state index in [2.05, 4.69) is 21.0 Å². The van der Waals surface area contributed by atoms with Crippen LogP contribution in [-0.4, -0.2) is 15.7 Å². The van der Waals surface area contributed by atoms with Crippen LogP contribution >= 0.6 is 15.9 Å². The molecule has 0 aliphatic carbocycles. The van der Waals surface area contributed by atoms with Crippen molar-refractivity contribution in [2.45, 2.75) is 20.0 Å². The lowest BCUT2D eigenvalue weighted by Crippen LogP contribution is -2.13. The highest BCUT2D eigenvalue weighted by Gasteiger charge is 2.20. The zero-order valence-electron chi connectivity index (χ0n) is 11.7. The molecule has 0 aliphatic rings. The molecule has 0 saturated carbocycles. The molecule has 112 valence electrons. The molecule has 0 aliphatic heterocycles. The van der Waals surface area contributed by atoms with Crippen LogP contribution in [0.3, 0.4) is 0 Å². The average molecular weight is 356 g/mol. The molecule has 1 heterocycles. The molecule has 0 unspecified atom stereocenters. The lowest BCUT2D eigenvalue weighted by molar-refractivity contribution is 0.0457. The molecule has 0 saturated heterocycles. The Balaban J connectivity index is 2.15. The molecule has 0 amide bonds. The summed E-state index contributed by atoms with van der Waals surface area (Å²) in [6.07, 6.45) is 0.618. The molecule has 2 N–H and O–H groups in total. The summed E-state index contributed by atoms with van der Waals surface area (Å²) in [6.45, 7) is 1.72. The van der Waals surface area contributed by atoms with Gasteiger partial charge in [-0.2, -0.15) is 5.10 Å². The molecule has 21 heavy (non-hydrogen) atoms. The van der Waals surface area contributed by atoms with Crippen molar-refractivity contribution < 1.29 is 13.9 Å². The van der Waals surface area contributed by atoms with Gasteiger partial charge >= 0.3 is 5.97 Å². The van der Waals surface area contributed by atoms with Crippen molar-refractivity contribution in [2.24, 2.45) is 7.05 Å². The minimum Gasteiger partial charge on any atom is -0.456 e. The fourth-order valence-corrected chi connectivity index (χ4v) is 2.37. The van der Waals surface area contributed by atoms with Gasteiger partial charge < -0.3 is 10.5 Å². The van der Waals surface area contributed by atoms with Gasteiger partial charge in [-0.05, 0) is 24.6 Å². The van der Waals surface area contributed by atoms with E-state index < -0.39 is 11.8 Å². The number of ether oxygens (including phenoxy) is 1. The number of carbonyl (C=O) groups is 1. The third-order valence-corrected chi connectivity index (χ3v) is 3.55. The summed E-state index contributed by atoms with van der Waals surface area (Å²) in [5, 5.41) is 4.15. The van der Waals surface area contributed by atoms with Crippen molar-refractivity contribution in [3.63, 3.8) is 0 Å². The molecule has 2 aromatic rings. The van der Waals surface area contributed by atoms with Crippen LogP contribution in [0.2, 0.25) is 0 Å². The van der Waals surface area contributed by atoms with Crippen LogP contribution in [0.4, 0.5) is 10.1 Å². The number of aromatic nitrogens is 2. The van der Waals surface area contributed by atoms with Gasteiger partial charge in [-0.15, -0.1) is 0 Å². The van der Waals surface area contributed by atoms with E-state index in [9.17, 15) is 9.18 Å². The normalized spacial score (nSPS) is 10.7. The van der Waals surface area contributed by atoms with Crippen molar-refractivity contribution >= 4 is 27.6 Å². The number of esters is 1. The standard InChI is InChI=1S/C14H15BrFN3O2/c1-3-11-12(17)13(19(2)18-11)14(20)21-7-8-6-9(15)4-5-10(8)16/h4-6H,3,7,17H2,1-2H3. The maximum Gasteiger partial charge on any atom is 0.359 e. The quantitative estimate of drug-likeness (QED) is 0.856. The van der Waals surface area contributed by atoms with Gasteiger partial charge in [0.25, 0.3) is 0 Å². The Morgan fingerprint density at radius 1 is 1.52 bits per heavy atom. The summed E-state index contributed by atoms with van der Waals surface area (Å²) < 4.78 is 20.8. The monoisotopic (exact) mass is 355 g/mol. The summed E-state index contributed by atoms with van der Waals surface area (Å²) in [7, 11) is 1.62. The highest BCUT2D eigenvalue weighted by molar-refractivity contribution is 9.10. The molecular weight excluding hydrogens is 341 g/mol. The van der Waals surface area contributed by atoms with Crippen LogP contribution in [0, 0.1) is 5.82 Å². The SMILES string of the molecule is CCc1nn(C)c(C(=O)OCc2cc(Br)ccc2F)c1N. The molecule has 0 fully saturated rings. The van der Waals surface area contributed by atoms with Crippen LogP contribution in [-0.2, 0) is 24.8 Å². The number of hydrogen-bond donors (Lipinski definition) is 1. The van der Waals surface area contributed by atoms with Crippen LogP contribution in [0.5, 0.6) is 0 Å². The van der Waals surface area contributed by atoms with Gasteiger partial charge in [0.05, 0.1) is 11.4 Å². The second-order valence-corrected chi connectivity index (χ2v) is 5.41. The minimum atomic E-state index is -0.624. The Morgan fingerprint density at radius 2 is 2.24 bits per heavy atom. The fraction of sp³-hybridized carbons (Fsp3) is 0.286. The Hall–Kier alpha value is -1.89. The van der Waals surface area contributed by atoms with Gasteiger partial charge in [-0.25, -0.2) is 9.18 Å². The Morgan fingerprint density at radius 3 is 2.86 bits per heavy atom. The molecule has 0 radical (unpaired) electrons. The van der Waals surface area contributed by atoms with Crippen molar-refractivity contribution in [1.29, 1.82) is 0 Å². The van der Waals surface area contributed by atoms with Crippen molar-refractivity contribution in [2.75, 3.05) is 5.73 Å². The second kappa shape index (κ2) is 6.26. The molecule has 7 heteroatoms. The predicted molar refractivity (Wildman–Crippen MR) is 80.2 cm³/mol. The van der Waals surface area contributed by atoms with Crippen molar-refractivity contribution in [1.82, 2.24) is 9.78 Å². The number of nitrogens with two attached hydrogens (primary N) is 1. The maximum absolute atomic E-state index is 13.6. The van der Waals surface area contributed by atoms with E-state index in [0.29, 0.717) is 22.3 Å². The minimum absolute atomic E-state index is 0.170. The van der Waals surface area contributed by atoms with Crippen molar-refractivity contribution in [3.8, 4) is 0 Å². The predicted octanol–water partition coefficient (Wildman–Crippen LogP) is 2.82. The summed E-state index contributed by atoms with van der Waals surface area (Å²) in [5.74, 6) is -1.06. The number of nitrogens with zero attached hydrogens (tertiary/aromatic N) is 2. The molecule has 1 aromatic carbocycles. The summed E-state index contributed by atoms with van der Waals surface area (Å²) in [5.41, 5.74) is 7.28. The van der Waals surface area contributed by atoms with Crippen LogP contribution in [0.1, 0.15) is 28.7 Å². The van der Waals surface area contributed by atoms with Gasteiger partial charge in [0.15, 0.2) is 5.69 Å². The first-order valence-electron chi connectivity index (χ1n) is 6.36. The van der Waals surface area contributed by atoms with Gasteiger partial charge in [0, 0.05) is 17.1 Å². The molecule has 2 rings (SSSR count). The summed E-state index contributed by atoms with van der Waals surface area (Å²) >= 11 is 3.24. The van der Waals surface area contributed by atoms with E-state index in [1.807, 2.05) is 6.92 Å². The zero-order valence-corrected chi connectivity index (χ0v) is 13.3. The molecule has 1 aromatic heterocycles. The number of nitrogen functional groups attached to an aromatic ring is 1. The van der Waals surface area contributed by atoms with E-state index in [0.717, 1.165) is 0 Å². The highest BCUT2D eigenvalue weighted by Crippen LogP contribution is 2.20. The Bertz CT molecular complexity index is 685. The van der Waals surface area contributed by atoms with Crippen LogP contribution in [0.15, 0.2) is 22.7 Å². The van der Waals surface area contributed by atoms with Crippen molar-refractivity contribution in [3.05, 3.63) is 45.4 Å². The molecular formula is C14H15BrFN3O2. The largest absolute Gasteiger partial charge is 0.456 e. The number of carbonyl (C=O) groups excluding carboxylic acids is 1. The number of hydrogen-bond acceptors (Lipinski definition) is 4. The summed E-state index contributed by atoms with van der Waals surface area (Å²) in [4.78, 5) is 12.1. The first kappa shape index (κ1) is 15.5. The fourth-order valence-electron chi connectivity index (χ4n) is 1.96. The molecule has 5 nitrogen and oxygen atoms in total. The number of aryl methyl sites for hydroxylation is 2. The van der Waals surface area contributed by atoms with E-state index in [-0.39, 0.29) is 17.9 Å². The highest BCUT2D eigenvalue weighted by atomic mass is 79.9. The smallest absolute Gasteiger partial charge is 0.359 e. The third-order valence-electron chi connectivity index (χ3n) is 3.06. The number of anilines is 1. The van der Waals surface area contributed by atoms with Gasteiger partial charge in [0.1, 0.15) is 12.4 Å². The van der Waals surface area contributed by atoms with Crippen LogP contribution in [0.25, 0.3) is 0 Å². The number of benzene rings is 1. The van der Waals surface area contributed by atoms with Gasteiger partial charge in [-0.3, -0.25) is 4.68 Å². The van der Waals surface area contributed by atoms with E-state index >= 15 is 0 Å². The number of halogens is 2. The second-order valence-electron chi connectivity index (χ2n) is 4.50.